The van der Waals surface area contributed by atoms with Gasteiger partial charge in [0.25, 0.3) is 0 Å². The molecule has 156 valence electrons. The van der Waals surface area contributed by atoms with Crippen molar-refractivity contribution in [2.45, 2.75) is 32.4 Å². The molecule has 0 saturated heterocycles. The lowest BCUT2D eigenvalue weighted by Crippen LogP contribution is -2.47. The highest BCUT2D eigenvalue weighted by Crippen LogP contribution is 2.24. The second-order valence-corrected chi connectivity index (χ2v) is 8.15. The lowest BCUT2D eigenvalue weighted by atomic mass is 9.98. The Bertz CT molecular complexity index is 798. The maximum atomic E-state index is 12.7. The first-order valence-electron chi connectivity index (χ1n) is 9.66. The van der Waals surface area contributed by atoms with Crippen molar-refractivity contribution in [1.82, 2.24) is 15.5 Å². The number of hydrogen-bond donors (Lipinski definition) is 2. The molecule has 0 heterocycles. The van der Waals surface area contributed by atoms with E-state index in [0.717, 1.165) is 16.9 Å². The molecule has 6 heteroatoms. The van der Waals surface area contributed by atoms with Crippen LogP contribution in [0.1, 0.15) is 37.9 Å². The van der Waals surface area contributed by atoms with E-state index in [-0.39, 0.29) is 36.5 Å². The van der Waals surface area contributed by atoms with Gasteiger partial charge >= 0.3 is 0 Å². The van der Waals surface area contributed by atoms with Gasteiger partial charge in [-0.05, 0) is 51.1 Å². The Morgan fingerprint density at radius 3 is 2.03 bits per heavy atom. The van der Waals surface area contributed by atoms with Crippen molar-refractivity contribution in [1.29, 1.82) is 0 Å². The van der Waals surface area contributed by atoms with Gasteiger partial charge in [0.15, 0.2) is 0 Å². The van der Waals surface area contributed by atoms with Gasteiger partial charge in [0.1, 0.15) is 5.75 Å². The third-order valence-electron chi connectivity index (χ3n) is 4.23. The average Bonchev–Trinajstić information content (AvgIpc) is 2.65. The molecule has 0 aliphatic heterocycles. The summed E-state index contributed by atoms with van der Waals surface area (Å²) in [6, 6.07) is 17.1. The van der Waals surface area contributed by atoms with Gasteiger partial charge in [-0.1, -0.05) is 42.5 Å². The number of nitrogens with zero attached hydrogens (tertiary/aromatic N) is 1. The molecule has 0 unspecified atom stereocenters. The lowest BCUT2D eigenvalue weighted by molar-refractivity contribution is -0.125. The first-order valence-corrected chi connectivity index (χ1v) is 9.66. The van der Waals surface area contributed by atoms with Crippen molar-refractivity contribution in [2.24, 2.45) is 0 Å². The number of carbonyl (C=O) groups is 2. The van der Waals surface area contributed by atoms with E-state index >= 15 is 0 Å². The summed E-state index contributed by atoms with van der Waals surface area (Å²) in [5, 5.41) is 5.99. The average molecular weight is 398 g/mol. The number of carbonyl (C=O) groups excluding carboxylic acids is 2. The Morgan fingerprint density at radius 2 is 1.48 bits per heavy atom. The Labute approximate surface area is 173 Å². The number of ether oxygens (including phenoxy) is 1. The van der Waals surface area contributed by atoms with Gasteiger partial charge in [-0.25, -0.2) is 0 Å². The largest absolute Gasteiger partial charge is 0.497 e. The minimum atomic E-state index is -0.299. The Hall–Kier alpha value is -2.86. The van der Waals surface area contributed by atoms with Crippen molar-refractivity contribution < 1.29 is 14.3 Å². The normalized spacial score (nSPS) is 12.3. The quantitative estimate of drug-likeness (QED) is 0.719. The Morgan fingerprint density at radius 1 is 0.931 bits per heavy atom. The van der Waals surface area contributed by atoms with Crippen molar-refractivity contribution in [3.8, 4) is 5.75 Å². The van der Waals surface area contributed by atoms with E-state index in [0.29, 0.717) is 0 Å². The van der Waals surface area contributed by atoms with Crippen LogP contribution in [0.4, 0.5) is 0 Å². The van der Waals surface area contributed by atoms with E-state index in [4.69, 9.17) is 4.74 Å². The number of amides is 2. The Kier molecular flexibility index (Phi) is 7.79. The number of benzene rings is 2. The summed E-state index contributed by atoms with van der Waals surface area (Å²) < 4.78 is 5.23. The van der Waals surface area contributed by atoms with Crippen molar-refractivity contribution in [2.75, 3.05) is 27.2 Å². The minimum absolute atomic E-state index is 0.109. The molecule has 2 amide bonds. The highest BCUT2D eigenvalue weighted by molar-refractivity contribution is 5.82. The number of nitrogens with one attached hydrogen (secondary N) is 2. The molecular formula is C23H31N3O3. The predicted octanol–water partition coefficient (Wildman–Crippen LogP) is 2.75. The van der Waals surface area contributed by atoms with Gasteiger partial charge in [0.05, 0.1) is 26.2 Å². The molecule has 0 bridgehead atoms. The van der Waals surface area contributed by atoms with Crippen LogP contribution in [-0.4, -0.2) is 49.5 Å². The van der Waals surface area contributed by atoms with Gasteiger partial charge in [-0.2, -0.15) is 0 Å². The second kappa shape index (κ2) is 10.1. The van der Waals surface area contributed by atoms with Crippen LogP contribution in [0.5, 0.6) is 5.75 Å². The molecule has 29 heavy (non-hydrogen) atoms. The smallest absolute Gasteiger partial charge is 0.234 e. The molecule has 1 atom stereocenters. The molecule has 0 aliphatic carbocycles. The molecule has 0 spiro atoms. The molecule has 0 aromatic heterocycles. The zero-order chi connectivity index (χ0) is 21.4. The standard InChI is InChI=1S/C23H31N3O3/c1-23(2,3)25-21(28)16-26(4)15-20(27)24-22(17-9-7-6-8-10-17)18-11-13-19(29-5)14-12-18/h6-14,22H,15-16H2,1-5H3,(H,24,27)(H,25,28)/t22-/m0/s1. The molecule has 2 N–H and O–H groups in total. The van der Waals surface area contributed by atoms with Crippen LogP contribution in [0, 0.1) is 0 Å². The number of methoxy groups -OCH3 is 1. The summed E-state index contributed by atoms with van der Waals surface area (Å²) in [7, 11) is 3.38. The molecule has 0 aliphatic rings. The monoisotopic (exact) mass is 397 g/mol. The van der Waals surface area contributed by atoms with Crippen molar-refractivity contribution >= 4 is 11.8 Å². The third kappa shape index (κ3) is 7.58. The van der Waals surface area contributed by atoms with E-state index < -0.39 is 0 Å². The van der Waals surface area contributed by atoms with Gasteiger partial charge in [-0.3, -0.25) is 14.5 Å². The van der Waals surface area contributed by atoms with Crippen LogP contribution in [0.3, 0.4) is 0 Å². The molecule has 2 rings (SSSR count). The maximum absolute atomic E-state index is 12.7. The highest BCUT2D eigenvalue weighted by Gasteiger charge is 2.20. The number of likely N-dealkylation sites (N-methyl/N-ethyl adjacent to an activating group) is 1. The van der Waals surface area contributed by atoms with E-state index in [1.165, 1.54) is 0 Å². The van der Waals surface area contributed by atoms with E-state index in [1.54, 1.807) is 19.1 Å². The number of hydrogen-bond acceptors (Lipinski definition) is 4. The molecule has 2 aromatic rings. The van der Waals surface area contributed by atoms with Crippen LogP contribution < -0.4 is 15.4 Å². The van der Waals surface area contributed by atoms with Crippen LogP contribution >= 0.6 is 0 Å². The summed E-state index contributed by atoms with van der Waals surface area (Å²) >= 11 is 0. The Balaban J connectivity index is 2.06. The third-order valence-corrected chi connectivity index (χ3v) is 4.23. The van der Waals surface area contributed by atoms with Crippen LogP contribution in [0.25, 0.3) is 0 Å². The van der Waals surface area contributed by atoms with E-state index in [2.05, 4.69) is 10.6 Å². The molecule has 0 fully saturated rings. The summed E-state index contributed by atoms with van der Waals surface area (Å²) in [6.07, 6.45) is 0. The zero-order valence-electron chi connectivity index (χ0n) is 17.9. The van der Waals surface area contributed by atoms with E-state index in [1.807, 2.05) is 75.4 Å². The first-order chi connectivity index (χ1) is 13.7. The summed E-state index contributed by atoms with van der Waals surface area (Å²) in [6.45, 7) is 6.06. The second-order valence-electron chi connectivity index (χ2n) is 8.15. The van der Waals surface area contributed by atoms with E-state index in [9.17, 15) is 9.59 Å². The first kappa shape index (κ1) is 22.4. The fourth-order valence-corrected chi connectivity index (χ4v) is 3.01. The fraction of sp³-hybridized carbons (Fsp3) is 0.391. The molecule has 0 saturated carbocycles. The SMILES string of the molecule is COc1ccc([C@@H](NC(=O)CN(C)CC(=O)NC(C)(C)C)c2ccccc2)cc1. The van der Waals surface area contributed by atoms with Crippen LogP contribution in [0.2, 0.25) is 0 Å². The predicted molar refractivity (Wildman–Crippen MR) is 115 cm³/mol. The summed E-state index contributed by atoms with van der Waals surface area (Å²) in [4.78, 5) is 26.5. The minimum Gasteiger partial charge on any atom is -0.497 e. The zero-order valence-corrected chi connectivity index (χ0v) is 17.9. The van der Waals surface area contributed by atoms with Crippen molar-refractivity contribution in [3.63, 3.8) is 0 Å². The van der Waals surface area contributed by atoms with Crippen LogP contribution in [0.15, 0.2) is 54.6 Å². The lowest BCUT2D eigenvalue weighted by Gasteiger charge is -2.24. The van der Waals surface area contributed by atoms with Gasteiger partial charge in [0.2, 0.25) is 11.8 Å². The molecule has 0 radical (unpaired) electrons. The van der Waals surface area contributed by atoms with Gasteiger partial charge < -0.3 is 15.4 Å². The van der Waals surface area contributed by atoms with Gasteiger partial charge in [-0.15, -0.1) is 0 Å². The fourth-order valence-electron chi connectivity index (χ4n) is 3.01. The van der Waals surface area contributed by atoms with Crippen LogP contribution in [-0.2, 0) is 9.59 Å². The molecule has 6 nitrogen and oxygen atoms in total. The van der Waals surface area contributed by atoms with Crippen molar-refractivity contribution in [3.05, 3.63) is 65.7 Å². The highest BCUT2D eigenvalue weighted by atomic mass is 16.5. The maximum Gasteiger partial charge on any atom is 0.234 e. The number of rotatable bonds is 8. The molecule has 2 aromatic carbocycles. The molecular weight excluding hydrogens is 366 g/mol. The topological polar surface area (TPSA) is 70.7 Å². The van der Waals surface area contributed by atoms with Gasteiger partial charge in [0, 0.05) is 5.54 Å². The summed E-state index contributed by atoms with van der Waals surface area (Å²) in [5.41, 5.74) is 1.64. The summed E-state index contributed by atoms with van der Waals surface area (Å²) in [5.74, 6) is 0.500.